The number of amides is 1. The fraction of sp³-hybridized carbons (Fsp3) is 0.364. The number of anilines is 1. The first-order valence-corrected chi connectivity index (χ1v) is 4.91. The fourth-order valence-corrected chi connectivity index (χ4v) is 1.30. The molecule has 0 aliphatic carbocycles. The fourth-order valence-electron chi connectivity index (χ4n) is 1.30. The van der Waals surface area contributed by atoms with Crippen molar-refractivity contribution < 1.29 is 22.4 Å². The number of benzene rings is 1. The molecule has 1 aromatic carbocycles. The molecule has 1 aromatic rings. The Labute approximate surface area is 95.6 Å². The molecule has 1 amide bonds. The minimum atomic E-state index is -3.20. The average molecular weight is 249 g/mol. The maximum Gasteiger partial charge on any atom is 0.315 e. The third kappa shape index (κ3) is 3.18. The van der Waals surface area contributed by atoms with Crippen molar-refractivity contribution in [2.75, 3.05) is 5.32 Å². The summed E-state index contributed by atoms with van der Waals surface area (Å²) in [6.45, 7) is 3.24. The van der Waals surface area contributed by atoms with Crippen molar-refractivity contribution >= 4 is 11.6 Å². The van der Waals surface area contributed by atoms with E-state index in [2.05, 4.69) is 0 Å². The highest BCUT2D eigenvalue weighted by Gasteiger charge is 2.18. The van der Waals surface area contributed by atoms with Crippen LogP contribution in [0.2, 0.25) is 0 Å². The topological polar surface area (TPSA) is 29.1 Å². The number of nitrogens with one attached hydrogen (secondary N) is 1. The number of hydrogen-bond donors (Lipinski definition) is 1. The highest BCUT2D eigenvalue weighted by Crippen LogP contribution is 2.25. The standard InChI is InChI=1S/C11H11F4NO/c1-5(2)7-3-6(4-8(12)9(7)13)16-11(17)10(14)15/h3-5,10H,1-2H3,(H,16,17). The van der Waals surface area contributed by atoms with Crippen LogP contribution in [-0.2, 0) is 4.79 Å². The maximum atomic E-state index is 13.3. The Hall–Kier alpha value is -1.59. The van der Waals surface area contributed by atoms with Gasteiger partial charge in [-0.1, -0.05) is 13.8 Å². The number of carbonyl (C=O) groups excluding carboxylic acids is 1. The van der Waals surface area contributed by atoms with Crippen molar-refractivity contribution in [3.05, 3.63) is 29.3 Å². The van der Waals surface area contributed by atoms with Gasteiger partial charge in [0.2, 0.25) is 0 Å². The van der Waals surface area contributed by atoms with Gasteiger partial charge in [-0.15, -0.1) is 0 Å². The zero-order valence-electron chi connectivity index (χ0n) is 9.23. The number of rotatable bonds is 3. The van der Waals surface area contributed by atoms with Crippen LogP contribution in [0.25, 0.3) is 0 Å². The van der Waals surface area contributed by atoms with Gasteiger partial charge in [-0.3, -0.25) is 4.79 Å². The summed E-state index contributed by atoms with van der Waals surface area (Å²) >= 11 is 0. The minimum absolute atomic E-state index is 0.0227. The van der Waals surface area contributed by atoms with Gasteiger partial charge < -0.3 is 5.32 Å². The molecule has 2 nitrogen and oxygen atoms in total. The molecule has 94 valence electrons. The average Bonchev–Trinajstić information content (AvgIpc) is 2.22. The van der Waals surface area contributed by atoms with Gasteiger partial charge in [0, 0.05) is 11.8 Å². The van der Waals surface area contributed by atoms with Crippen LogP contribution in [0, 0.1) is 11.6 Å². The third-order valence-electron chi connectivity index (χ3n) is 2.14. The monoisotopic (exact) mass is 249 g/mol. The summed E-state index contributed by atoms with van der Waals surface area (Å²) in [5, 5.41) is 1.81. The third-order valence-corrected chi connectivity index (χ3v) is 2.14. The van der Waals surface area contributed by atoms with Crippen molar-refractivity contribution in [2.24, 2.45) is 0 Å². The molecule has 1 rings (SSSR count). The molecule has 0 unspecified atom stereocenters. The first kappa shape index (κ1) is 13.5. The number of alkyl halides is 2. The molecule has 0 aliphatic rings. The van der Waals surface area contributed by atoms with Crippen LogP contribution >= 0.6 is 0 Å². The molecule has 0 atom stereocenters. The van der Waals surface area contributed by atoms with E-state index >= 15 is 0 Å². The van der Waals surface area contributed by atoms with Gasteiger partial charge in [0.1, 0.15) is 0 Å². The second kappa shape index (κ2) is 5.16. The number of carbonyl (C=O) groups is 1. The second-order valence-corrected chi connectivity index (χ2v) is 3.81. The van der Waals surface area contributed by atoms with Crippen LogP contribution in [0.3, 0.4) is 0 Å². The Bertz CT molecular complexity index is 432. The molecule has 17 heavy (non-hydrogen) atoms. The molecule has 0 heterocycles. The molecule has 0 bridgehead atoms. The first-order chi connectivity index (χ1) is 7.82. The summed E-state index contributed by atoms with van der Waals surface area (Å²) < 4.78 is 50.4. The van der Waals surface area contributed by atoms with Gasteiger partial charge in [0.25, 0.3) is 5.91 Å². The van der Waals surface area contributed by atoms with Crippen molar-refractivity contribution in [1.82, 2.24) is 0 Å². The highest BCUT2D eigenvalue weighted by atomic mass is 19.3. The van der Waals surface area contributed by atoms with Crippen LogP contribution < -0.4 is 5.32 Å². The summed E-state index contributed by atoms with van der Waals surface area (Å²) in [6, 6.07) is 1.81. The Morgan fingerprint density at radius 2 is 1.82 bits per heavy atom. The summed E-state index contributed by atoms with van der Waals surface area (Å²) in [7, 11) is 0. The largest absolute Gasteiger partial charge is 0.321 e. The van der Waals surface area contributed by atoms with E-state index in [9.17, 15) is 22.4 Å². The zero-order valence-corrected chi connectivity index (χ0v) is 9.23. The maximum absolute atomic E-state index is 13.3. The first-order valence-electron chi connectivity index (χ1n) is 4.91. The lowest BCUT2D eigenvalue weighted by Crippen LogP contribution is -2.20. The molecule has 0 spiro atoms. The summed E-state index contributed by atoms with van der Waals surface area (Å²) in [5.74, 6) is -4.09. The smallest absolute Gasteiger partial charge is 0.315 e. The van der Waals surface area contributed by atoms with E-state index in [1.807, 2.05) is 5.32 Å². The molecular weight excluding hydrogens is 238 g/mol. The number of hydrogen-bond acceptors (Lipinski definition) is 1. The summed E-state index contributed by atoms with van der Waals surface area (Å²) in [5.41, 5.74) is -0.160. The van der Waals surface area contributed by atoms with Gasteiger partial charge in [-0.05, 0) is 17.5 Å². The van der Waals surface area contributed by atoms with Gasteiger partial charge in [0.15, 0.2) is 11.6 Å². The predicted molar refractivity (Wildman–Crippen MR) is 55.1 cm³/mol. The number of halogens is 4. The molecule has 0 aliphatic heterocycles. The normalized spacial score (nSPS) is 11.1. The van der Waals surface area contributed by atoms with Gasteiger partial charge in [-0.25, -0.2) is 8.78 Å². The van der Waals surface area contributed by atoms with E-state index in [4.69, 9.17) is 0 Å². The lowest BCUT2D eigenvalue weighted by atomic mass is 10.0. The van der Waals surface area contributed by atoms with Crippen LogP contribution in [0.1, 0.15) is 25.3 Å². The molecule has 0 fully saturated rings. The van der Waals surface area contributed by atoms with E-state index in [0.29, 0.717) is 6.07 Å². The predicted octanol–water partition coefficient (Wildman–Crippen LogP) is 3.29. The SMILES string of the molecule is CC(C)c1cc(NC(=O)C(F)F)cc(F)c1F. The van der Waals surface area contributed by atoms with E-state index in [1.165, 1.54) is 0 Å². The van der Waals surface area contributed by atoms with Crippen LogP contribution in [0.5, 0.6) is 0 Å². The molecule has 6 heteroatoms. The van der Waals surface area contributed by atoms with Crippen LogP contribution in [0.15, 0.2) is 12.1 Å². The molecular formula is C11H11F4NO. The lowest BCUT2D eigenvalue weighted by molar-refractivity contribution is -0.126. The van der Waals surface area contributed by atoms with Crippen molar-refractivity contribution in [2.45, 2.75) is 26.2 Å². The van der Waals surface area contributed by atoms with Crippen molar-refractivity contribution in [1.29, 1.82) is 0 Å². The van der Waals surface area contributed by atoms with E-state index < -0.39 is 24.0 Å². The van der Waals surface area contributed by atoms with E-state index in [0.717, 1.165) is 6.07 Å². The Morgan fingerprint density at radius 1 is 1.24 bits per heavy atom. The molecule has 1 N–H and O–H groups in total. The van der Waals surface area contributed by atoms with Gasteiger partial charge in [0.05, 0.1) is 0 Å². The molecule has 0 saturated heterocycles. The summed E-state index contributed by atoms with van der Waals surface area (Å²) in [4.78, 5) is 10.7. The lowest BCUT2D eigenvalue weighted by Gasteiger charge is -2.11. The van der Waals surface area contributed by atoms with Crippen LogP contribution in [-0.4, -0.2) is 12.3 Å². The quantitative estimate of drug-likeness (QED) is 0.818. The highest BCUT2D eigenvalue weighted by molar-refractivity contribution is 5.93. The van der Waals surface area contributed by atoms with Gasteiger partial charge in [-0.2, -0.15) is 8.78 Å². The van der Waals surface area contributed by atoms with Crippen molar-refractivity contribution in [3.63, 3.8) is 0 Å². The Kier molecular flexibility index (Phi) is 4.09. The summed E-state index contributed by atoms with van der Waals surface area (Å²) in [6.07, 6.45) is -3.20. The molecule has 0 aromatic heterocycles. The second-order valence-electron chi connectivity index (χ2n) is 3.81. The Morgan fingerprint density at radius 3 is 2.29 bits per heavy atom. The van der Waals surface area contributed by atoms with Crippen molar-refractivity contribution in [3.8, 4) is 0 Å². The van der Waals surface area contributed by atoms with E-state index in [1.54, 1.807) is 13.8 Å². The van der Waals surface area contributed by atoms with Gasteiger partial charge >= 0.3 is 6.43 Å². The van der Waals surface area contributed by atoms with Crippen LogP contribution in [0.4, 0.5) is 23.2 Å². The zero-order chi connectivity index (χ0) is 13.2. The van der Waals surface area contributed by atoms with E-state index in [-0.39, 0.29) is 17.2 Å². The molecule has 0 saturated carbocycles. The minimum Gasteiger partial charge on any atom is -0.321 e. The Balaban J connectivity index is 3.07. The molecule has 0 radical (unpaired) electrons.